The smallest absolute Gasteiger partial charge is 0.200 e. The Balaban J connectivity index is 2.34. The zero-order valence-corrected chi connectivity index (χ0v) is 17.6. The van der Waals surface area contributed by atoms with E-state index in [0.717, 1.165) is 0 Å². The molecule has 0 aliphatic carbocycles. The fourth-order valence-corrected chi connectivity index (χ4v) is 3.64. The van der Waals surface area contributed by atoms with Crippen LogP contribution in [-0.2, 0) is 12.5 Å². The van der Waals surface area contributed by atoms with Crippen LogP contribution in [0.5, 0.6) is 0 Å². The molecule has 3 rings (SSSR count). The highest BCUT2D eigenvalue weighted by atomic mass is 14.9. The molecule has 1 nitrogen and oxygen atoms in total. The molecule has 0 atom stereocenters. The molecule has 136 valence electrons. The van der Waals surface area contributed by atoms with Crippen LogP contribution in [0.15, 0.2) is 42.6 Å². The van der Waals surface area contributed by atoms with Gasteiger partial charge in [-0.2, -0.15) is 0 Å². The lowest BCUT2D eigenvalue weighted by Gasteiger charge is -2.20. The van der Waals surface area contributed by atoms with Crippen molar-refractivity contribution in [3.8, 4) is 11.3 Å². The van der Waals surface area contributed by atoms with Crippen molar-refractivity contribution in [1.82, 2.24) is 0 Å². The third-order valence-electron chi connectivity index (χ3n) is 5.61. The molecule has 0 unspecified atom stereocenters. The molecule has 0 saturated carbocycles. The van der Waals surface area contributed by atoms with Gasteiger partial charge in [0.2, 0.25) is 5.69 Å². The molecule has 0 N–H and O–H groups in total. The monoisotopic (exact) mass is 346 g/mol. The molecule has 0 spiro atoms. The predicted octanol–water partition coefficient (Wildman–Crippen LogP) is 6.37. The summed E-state index contributed by atoms with van der Waals surface area (Å²) in [4.78, 5) is 0. The van der Waals surface area contributed by atoms with Crippen molar-refractivity contribution in [2.75, 3.05) is 0 Å². The Morgan fingerprint density at radius 3 is 2.23 bits per heavy atom. The molecule has 0 saturated heterocycles. The van der Waals surface area contributed by atoms with E-state index in [0.29, 0.717) is 5.92 Å². The molecule has 1 aromatic heterocycles. The van der Waals surface area contributed by atoms with Gasteiger partial charge in [0.1, 0.15) is 7.05 Å². The Morgan fingerprint density at radius 1 is 0.923 bits per heavy atom. The Morgan fingerprint density at radius 2 is 1.62 bits per heavy atom. The summed E-state index contributed by atoms with van der Waals surface area (Å²) < 4.78 is 2.27. The lowest BCUT2D eigenvalue weighted by molar-refractivity contribution is -0.659. The van der Waals surface area contributed by atoms with Gasteiger partial charge in [0.05, 0.1) is 10.9 Å². The zero-order valence-electron chi connectivity index (χ0n) is 17.6. The maximum atomic E-state index is 2.39. The van der Waals surface area contributed by atoms with Gasteiger partial charge in [-0.3, -0.25) is 0 Å². The van der Waals surface area contributed by atoms with E-state index in [1.165, 1.54) is 44.3 Å². The van der Waals surface area contributed by atoms with Gasteiger partial charge in [-0.05, 0) is 65.0 Å². The van der Waals surface area contributed by atoms with Crippen LogP contribution in [0.25, 0.3) is 22.0 Å². The first kappa shape index (κ1) is 18.6. The number of rotatable bonds is 2. The largest absolute Gasteiger partial charge is 0.220 e. The van der Waals surface area contributed by atoms with Gasteiger partial charge >= 0.3 is 0 Å². The maximum absolute atomic E-state index is 2.39. The Hall–Kier alpha value is -2.15. The number of aromatic nitrogens is 1. The van der Waals surface area contributed by atoms with E-state index in [-0.39, 0.29) is 5.41 Å². The fourth-order valence-electron chi connectivity index (χ4n) is 3.64. The molecular formula is C25H32N+. The summed E-state index contributed by atoms with van der Waals surface area (Å²) in [5.74, 6) is 0.529. The summed E-state index contributed by atoms with van der Waals surface area (Å²) in [5, 5.41) is 2.64. The topological polar surface area (TPSA) is 3.88 Å². The highest BCUT2D eigenvalue weighted by Gasteiger charge is 2.21. The number of aryl methyl sites for hydroxylation is 2. The highest BCUT2D eigenvalue weighted by Crippen LogP contribution is 2.34. The van der Waals surface area contributed by atoms with Gasteiger partial charge in [0.25, 0.3) is 0 Å². The fraction of sp³-hybridized carbons (Fsp3) is 0.400. The predicted molar refractivity (Wildman–Crippen MR) is 113 cm³/mol. The van der Waals surface area contributed by atoms with E-state index >= 15 is 0 Å². The summed E-state index contributed by atoms with van der Waals surface area (Å²) >= 11 is 0. The highest BCUT2D eigenvalue weighted by molar-refractivity contribution is 5.94. The zero-order chi connectivity index (χ0) is 19.2. The minimum absolute atomic E-state index is 0.163. The lowest BCUT2D eigenvalue weighted by atomic mass is 9.85. The molecule has 1 heterocycles. The molecule has 0 aliphatic heterocycles. The van der Waals surface area contributed by atoms with E-state index in [2.05, 4.69) is 103 Å². The van der Waals surface area contributed by atoms with E-state index < -0.39 is 0 Å². The average Bonchev–Trinajstić information content (AvgIpc) is 2.56. The van der Waals surface area contributed by atoms with E-state index in [4.69, 9.17) is 0 Å². The second-order valence-electron chi connectivity index (χ2n) is 8.99. The second kappa shape index (κ2) is 6.54. The lowest BCUT2D eigenvalue weighted by Crippen LogP contribution is -2.31. The first-order chi connectivity index (χ1) is 12.1. The number of hydrogen-bond donors (Lipinski definition) is 0. The normalized spacial score (nSPS) is 12.2. The first-order valence-electron chi connectivity index (χ1n) is 9.64. The van der Waals surface area contributed by atoms with Crippen LogP contribution in [-0.4, -0.2) is 0 Å². The minimum Gasteiger partial charge on any atom is -0.200 e. The molecule has 0 radical (unpaired) electrons. The van der Waals surface area contributed by atoms with Gasteiger partial charge in [-0.1, -0.05) is 52.8 Å². The van der Waals surface area contributed by atoms with Crippen molar-refractivity contribution in [2.24, 2.45) is 7.05 Å². The number of fused-ring (bicyclic) bond motifs is 1. The Kier molecular flexibility index (Phi) is 4.69. The number of nitrogens with zero attached hydrogens (tertiary/aromatic N) is 1. The molecule has 1 heteroatoms. The minimum atomic E-state index is 0.163. The standard InChI is InChI=1S/C25H32N/c1-16(2)20-13-17(3)18(4)23(15-20)24-22-10-9-21(25(5,6)7)14-19(22)11-12-26(24)8/h9-16H,1-8H3/q+1. The van der Waals surface area contributed by atoms with E-state index in [9.17, 15) is 0 Å². The summed E-state index contributed by atoms with van der Waals surface area (Å²) in [5.41, 5.74) is 8.36. The first-order valence-corrected chi connectivity index (χ1v) is 9.64. The third-order valence-corrected chi connectivity index (χ3v) is 5.61. The second-order valence-corrected chi connectivity index (χ2v) is 8.99. The van der Waals surface area contributed by atoms with Crippen molar-refractivity contribution in [2.45, 2.75) is 59.8 Å². The summed E-state index contributed by atoms with van der Waals surface area (Å²) in [6.45, 7) is 15.8. The number of benzene rings is 2. The summed E-state index contributed by atoms with van der Waals surface area (Å²) in [6.07, 6.45) is 2.20. The van der Waals surface area contributed by atoms with Crippen LogP contribution in [0.1, 0.15) is 62.8 Å². The van der Waals surface area contributed by atoms with Crippen molar-refractivity contribution >= 4 is 10.8 Å². The van der Waals surface area contributed by atoms with Crippen LogP contribution >= 0.6 is 0 Å². The SMILES string of the molecule is Cc1cc(C(C)C)cc(-c2c3ccc(C(C)(C)C)cc3cc[n+]2C)c1C. The molecule has 0 amide bonds. The van der Waals surface area contributed by atoms with Crippen LogP contribution in [0, 0.1) is 13.8 Å². The molecule has 0 fully saturated rings. The van der Waals surface area contributed by atoms with Crippen molar-refractivity contribution in [3.63, 3.8) is 0 Å². The summed E-state index contributed by atoms with van der Waals surface area (Å²) in [6, 6.07) is 13.9. The van der Waals surface area contributed by atoms with E-state index in [1.54, 1.807) is 0 Å². The Bertz CT molecular complexity index is 972. The van der Waals surface area contributed by atoms with Gasteiger partial charge < -0.3 is 0 Å². The van der Waals surface area contributed by atoms with Crippen LogP contribution < -0.4 is 4.57 Å². The van der Waals surface area contributed by atoms with Gasteiger partial charge in [-0.25, -0.2) is 4.57 Å². The summed E-state index contributed by atoms with van der Waals surface area (Å²) in [7, 11) is 2.16. The molecule has 0 bridgehead atoms. The molecule has 26 heavy (non-hydrogen) atoms. The quantitative estimate of drug-likeness (QED) is 0.475. The molecule has 0 aliphatic rings. The maximum Gasteiger partial charge on any atom is 0.220 e. The van der Waals surface area contributed by atoms with Crippen molar-refractivity contribution in [1.29, 1.82) is 0 Å². The Labute approximate surface area is 158 Å². The van der Waals surface area contributed by atoms with Gasteiger partial charge in [0, 0.05) is 6.07 Å². The molecular weight excluding hydrogens is 314 g/mol. The third kappa shape index (κ3) is 3.28. The van der Waals surface area contributed by atoms with E-state index in [1.807, 2.05) is 0 Å². The van der Waals surface area contributed by atoms with Crippen LogP contribution in [0.3, 0.4) is 0 Å². The van der Waals surface area contributed by atoms with Crippen molar-refractivity contribution in [3.05, 3.63) is 64.8 Å². The van der Waals surface area contributed by atoms with Gasteiger partial charge in [-0.15, -0.1) is 0 Å². The van der Waals surface area contributed by atoms with Crippen molar-refractivity contribution < 1.29 is 4.57 Å². The molecule has 2 aromatic carbocycles. The van der Waals surface area contributed by atoms with Crippen LogP contribution in [0.4, 0.5) is 0 Å². The van der Waals surface area contributed by atoms with Crippen LogP contribution in [0.2, 0.25) is 0 Å². The number of hydrogen-bond acceptors (Lipinski definition) is 0. The number of pyridine rings is 1. The average molecular weight is 347 g/mol. The molecule has 3 aromatic rings. The van der Waals surface area contributed by atoms with Gasteiger partial charge in [0.15, 0.2) is 6.20 Å².